The Kier molecular flexibility index (Phi) is 6.05. The highest BCUT2D eigenvalue weighted by atomic mass is 32.2. The van der Waals surface area contributed by atoms with Crippen molar-refractivity contribution in [2.75, 3.05) is 42.6 Å². The lowest BCUT2D eigenvalue weighted by molar-refractivity contribution is -0.123. The minimum absolute atomic E-state index is 0.0243. The van der Waals surface area contributed by atoms with Crippen LogP contribution in [0.15, 0.2) is 34.1 Å². The Labute approximate surface area is 193 Å². The summed E-state index contributed by atoms with van der Waals surface area (Å²) in [5, 5.41) is 0. The van der Waals surface area contributed by atoms with Crippen molar-refractivity contribution in [2.45, 2.75) is 18.9 Å². The Bertz CT molecular complexity index is 1120. The second-order valence-electron chi connectivity index (χ2n) is 7.61. The Morgan fingerprint density at radius 2 is 2.10 bits per heavy atom. The van der Waals surface area contributed by atoms with Crippen molar-refractivity contribution in [1.29, 1.82) is 0 Å². The molecule has 0 saturated carbocycles. The molecule has 2 aromatic heterocycles. The monoisotopic (exact) mass is 474 g/mol. The molecule has 7 nitrogen and oxygen atoms in total. The molecule has 3 aliphatic rings. The molecule has 3 fully saturated rings. The highest BCUT2D eigenvalue weighted by molar-refractivity contribution is 8.26. The topological polar surface area (TPSA) is 67.2 Å². The second-order valence-corrected chi connectivity index (χ2v) is 10.5. The molecule has 0 unspecified atom stereocenters. The van der Waals surface area contributed by atoms with Crippen molar-refractivity contribution < 1.29 is 9.53 Å². The number of carbonyl (C=O) groups excluding carboxylic acids is 1. The Hall–Kier alpha value is -1.88. The van der Waals surface area contributed by atoms with Crippen molar-refractivity contribution in [3.05, 3.63) is 45.2 Å². The van der Waals surface area contributed by atoms with Gasteiger partial charge in [0.25, 0.3) is 11.5 Å². The number of carbonyl (C=O) groups is 1. The lowest BCUT2D eigenvalue weighted by atomic mass is 10.2. The molecule has 10 heteroatoms. The van der Waals surface area contributed by atoms with Gasteiger partial charge in [0.1, 0.15) is 15.8 Å². The van der Waals surface area contributed by atoms with Crippen LogP contribution in [-0.2, 0) is 9.53 Å². The summed E-state index contributed by atoms with van der Waals surface area (Å²) in [5.41, 5.74) is 0.861. The number of fused-ring (bicyclic) bond motifs is 1. The fraction of sp³-hybridized carbons (Fsp3) is 0.429. The summed E-state index contributed by atoms with van der Waals surface area (Å²) >= 11 is 8.61. The summed E-state index contributed by atoms with van der Waals surface area (Å²) < 4.78 is 7.72. The molecular weight excluding hydrogens is 452 g/mol. The number of thiocarbonyl (C=S) groups is 1. The van der Waals surface area contributed by atoms with Crippen LogP contribution in [0.25, 0.3) is 11.7 Å². The lowest BCUT2D eigenvalue weighted by Gasteiger charge is -2.28. The molecule has 162 valence electrons. The van der Waals surface area contributed by atoms with E-state index in [0.29, 0.717) is 32.8 Å². The SMILES string of the molecule is O=C1/C(=C/c2c(N3CCSCC3)nc3ccccn3c2=O)SC(=S)N1C[C@@H]1CCCO1. The van der Waals surface area contributed by atoms with E-state index in [-0.39, 0.29) is 17.6 Å². The highest BCUT2D eigenvalue weighted by Crippen LogP contribution is 2.34. The van der Waals surface area contributed by atoms with Crippen molar-refractivity contribution in [2.24, 2.45) is 0 Å². The maximum Gasteiger partial charge on any atom is 0.267 e. The standard InChI is InChI=1S/C21H22N4O3S3/c26-19-15(12-16-20(27)25(21(29)31-16)13-14-4-3-9-28-14)18(23-7-10-30-11-8-23)22-17-5-1-2-6-24(17)19/h1-2,5-6,12,14H,3-4,7-11,13H2/b16-12-/t14-/m0/s1. The van der Waals surface area contributed by atoms with Gasteiger partial charge < -0.3 is 9.64 Å². The van der Waals surface area contributed by atoms with Crippen LogP contribution >= 0.6 is 35.7 Å². The molecule has 5 heterocycles. The number of pyridine rings is 1. The first kappa shape index (κ1) is 21.0. The lowest BCUT2D eigenvalue weighted by Crippen LogP contribution is -2.36. The Morgan fingerprint density at radius 1 is 1.26 bits per heavy atom. The molecule has 5 rings (SSSR count). The fourth-order valence-electron chi connectivity index (χ4n) is 4.01. The first-order valence-electron chi connectivity index (χ1n) is 10.3. The van der Waals surface area contributed by atoms with Gasteiger partial charge in [-0.25, -0.2) is 4.98 Å². The summed E-state index contributed by atoms with van der Waals surface area (Å²) in [5.74, 6) is 2.45. The van der Waals surface area contributed by atoms with Crippen LogP contribution in [0.4, 0.5) is 5.82 Å². The van der Waals surface area contributed by atoms with Crippen molar-refractivity contribution in [3.63, 3.8) is 0 Å². The van der Waals surface area contributed by atoms with Gasteiger partial charge in [0, 0.05) is 37.4 Å². The van der Waals surface area contributed by atoms with Gasteiger partial charge in [0.15, 0.2) is 0 Å². The Morgan fingerprint density at radius 3 is 2.87 bits per heavy atom. The predicted octanol–water partition coefficient (Wildman–Crippen LogP) is 2.63. The van der Waals surface area contributed by atoms with Gasteiger partial charge in [0.2, 0.25) is 0 Å². The number of amides is 1. The van der Waals surface area contributed by atoms with Crippen molar-refractivity contribution in [1.82, 2.24) is 14.3 Å². The smallest absolute Gasteiger partial charge is 0.267 e. The molecule has 1 atom stereocenters. The number of rotatable bonds is 4. The first-order valence-corrected chi connectivity index (χ1v) is 12.7. The van der Waals surface area contributed by atoms with Crippen molar-refractivity contribution in [3.8, 4) is 0 Å². The molecule has 0 bridgehead atoms. The van der Waals surface area contributed by atoms with Crippen LogP contribution in [0.1, 0.15) is 18.4 Å². The number of nitrogens with zero attached hydrogens (tertiary/aromatic N) is 4. The van der Waals surface area contributed by atoms with E-state index in [1.807, 2.05) is 23.9 Å². The minimum Gasteiger partial charge on any atom is -0.376 e. The third-order valence-electron chi connectivity index (χ3n) is 5.62. The van der Waals surface area contributed by atoms with E-state index < -0.39 is 0 Å². The van der Waals surface area contributed by atoms with Crippen LogP contribution in [0.2, 0.25) is 0 Å². The van der Waals surface area contributed by atoms with Gasteiger partial charge in [-0.3, -0.25) is 18.9 Å². The summed E-state index contributed by atoms with van der Waals surface area (Å²) in [6.07, 6.45) is 5.35. The molecule has 31 heavy (non-hydrogen) atoms. The van der Waals surface area contributed by atoms with Crippen LogP contribution in [0, 0.1) is 0 Å². The molecule has 3 aliphatic heterocycles. The van der Waals surface area contributed by atoms with E-state index in [1.165, 1.54) is 16.2 Å². The maximum atomic E-state index is 13.4. The van der Waals surface area contributed by atoms with Gasteiger partial charge in [-0.2, -0.15) is 11.8 Å². The third-order valence-corrected chi connectivity index (χ3v) is 7.94. The zero-order valence-electron chi connectivity index (χ0n) is 16.9. The van der Waals surface area contributed by atoms with Gasteiger partial charge in [-0.05, 0) is 31.1 Å². The molecule has 0 aliphatic carbocycles. The van der Waals surface area contributed by atoms with Crippen LogP contribution in [0.5, 0.6) is 0 Å². The highest BCUT2D eigenvalue weighted by Gasteiger charge is 2.35. The first-order chi connectivity index (χ1) is 15.1. The number of thioether (sulfide) groups is 2. The van der Waals surface area contributed by atoms with E-state index in [2.05, 4.69) is 4.90 Å². The third kappa shape index (κ3) is 4.13. The number of hydrogen-bond acceptors (Lipinski definition) is 8. The summed E-state index contributed by atoms with van der Waals surface area (Å²) in [6, 6.07) is 5.50. The molecule has 2 aromatic rings. The molecule has 3 saturated heterocycles. The van der Waals surface area contributed by atoms with Crippen LogP contribution in [0.3, 0.4) is 0 Å². The average Bonchev–Trinajstić information content (AvgIpc) is 3.40. The zero-order valence-corrected chi connectivity index (χ0v) is 19.3. The molecular formula is C21H22N4O3S3. The van der Waals surface area contributed by atoms with Crippen molar-refractivity contribution >= 4 is 63.5 Å². The van der Waals surface area contributed by atoms with E-state index in [4.69, 9.17) is 21.9 Å². The second kappa shape index (κ2) is 8.93. The van der Waals surface area contributed by atoms with E-state index in [0.717, 1.165) is 44.0 Å². The summed E-state index contributed by atoms with van der Waals surface area (Å²) in [7, 11) is 0. The molecule has 1 amide bonds. The number of ether oxygens (including phenoxy) is 1. The predicted molar refractivity (Wildman–Crippen MR) is 130 cm³/mol. The van der Waals surface area contributed by atoms with Gasteiger partial charge in [-0.1, -0.05) is 30.0 Å². The summed E-state index contributed by atoms with van der Waals surface area (Å²) in [6.45, 7) is 2.83. The minimum atomic E-state index is -0.178. The largest absolute Gasteiger partial charge is 0.376 e. The normalized spacial score (nSPS) is 23.5. The molecule has 0 N–H and O–H groups in total. The molecule has 0 aromatic carbocycles. The number of hydrogen-bond donors (Lipinski definition) is 0. The van der Waals surface area contributed by atoms with Crippen LogP contribution in [-0.4, -0.2) is 68.4 Å². The Balaban J connectivity index is 1.55. The molecule has 0 spiro atoms. The van der Waals surface area contributed by atoms with E-state index in [9.17, 15) is 9.59 Å². The van der Waals surface area contributed by atoms with Gasteiger partial charge >= 0.3 is 0 Å². The van der Waals surface area contributed by atoms with E-state index >= 15 is 0 Å². The van der Waals surface area contributed by atoms with E-state index in [1.54, 1.807) is 23.2 Å². The van der Waals surface area contributed by atoms with Gasteiger partial charge in [0.05, 0.1) is 23.1 Å². The zero-order chi connectivity index (χ0) is 21.4. The average molecular weight is 475 g/mol. The summed E-state index contributed by atoms with van der Waals surface area (Å²) in [4.78, 5) is 35.5. The number of aromatic nitrogens is 2. The quantitative estimate of drug-likeness (QED) is 0.495. The van der Waals surface area contributed by atoms with Crippen LogP contribution < -0.4 is 10.5 Å². The fourth-order valence-corrected chi connectivity index (χ4v) is 6.17. The maximum absolute atomic E-state index is 13.4. The molecule has 0 radical (unpaired) electrons. The number of anilines is 1. The van der Waals surface area contributed by atoms with Gasteiger partial charge in [-0.15, -0.1) is 0 Å².